The molecular weight excluding hydrogens is 312 g/mol. The molecule has 0 bridgehead atoms. The summed E-state index contributed by atoms with van der Waals surface area (Å²) in [4.78, 5) is 0. The van der Waals surface area contributed by atoms with E-state index >= 15 is 0 Å². The highest BCUT2D eigenvalue weighted by molar-refractivity contribution is 4.72. The molecule has 1 N–H and O–H groups in total. The summed E-state index contributed by atoms with van der Waals surface area (Å²) in [5.41, 5.74) is 0. The summed E-state index contributed by atoms with van der Waals surface area (Å²) in [5, 5.41) is 9.08. The predicted octanol–water partition coefficient (Wildman–Crippen LogP) is 5.88. The van der Waals surface area contributed by atoms with E-state index in [0.717, 1.165) is 13.0 Å². The minimum atomic E-state index is 0.212. The van der Waals surface area contributed by atoms with Crippen molar-refractivity contribution >= 4 is 0 Å². The molecule has 1 aliphatic heterocycles. The number of hydrogen-bond acceptors (Lipinski definition) is 3. The van der Waals surface area contributed by atoms with E-state index < -0.39 is 0 Å². The number of ether oxygens (including phenoxy) is 2. The second-order valence-corrected chi connectivity index (χ2v) is 7.91. The predicted molar refractivity (Wildman–Crippen MR) is 106 cm³/mol. The van der Waals surface area contributed by atoms with Crippen LogP contribution in [0.2, 0.25) is 0 Å². The van der Waals surface area contributed by atoms with Crippen molar-refractivity contribution in [2.45, 2.75) is 109 Å². The normalized spacial score (nSPS) is 20.4. The minimum Gasteiger partial charge on any atom is -0.396 e. The van der Waals surface area contributed by atoms with Crippen molar-refractivity contribution in [2.75, 3.05) is 26.4 Å². The maximum absolute atomic E-state index is 9.08. The molecule has 1 fully saturated rings. The average molecular weight is 357 g/mol. The number of rotatable bonds is 18. The van der Waals surface area contributed by atoms with Crippen LogP contribution < -0.4 is 0 Å². The first-order valence-electron chi connectivity index (χ1n) is 11.2. The summed E-state index contributed by atoms with van der Waals surface area (Å²) in [6.45, 7) is 4.79. The smallest absolute Gasteiger partial charge is 0.0813 e. The zero-order valence-corrected chi connectivity index (χ0v) is 16.9. The van der Waals surface area contributed by atoms with Gasteiger partial charge in [-0.1, -0.05) is 90.4 Å². The molecule has 3 heteroatoms. The SMILES string of the molecule is CCCCCCCCCCCCCCCCOC[C@@H]1C[C@@H](CO)CO1. The molecule has 1 rings (SSSR count). The average Bonchev–Trinajstić information content (AvgIpc) is 3.09. The number of aliphatic hydroxyl groups is 1. The molecule has 0 radical (unpaired) electrons. The minimum absolute atomic E-state index is 0.212. The Morgan fingerprint density at radius 3 is 1.80 bits per heavy atom. The maximum Gasteiger partial charge on any atom is 0.0813 e. The molecule has 0 saturated carbocycles. The summed E-state index contributed by atoms with van der Waals surface area (Å²) in [5.74, 6) is 0.328. The van der Waals surface area contributed by atoms with Crippen LogP contribution >= 0.6 is 0 Å². The summed E-state index contributed by atoms with van der Waals surface area (Å²) >= 11 is 0. The molecule has 1 aliphatic rings. The third-order valence-electron chi connectivity index (χ3n) is 5.37. The van der Waals surface area contributed by atoms with Gasteiger partial charge in [-0.3, -0.25) is 0 Å². The molecule has 3 nitrogen and oxygen atoms in total. The fourth-order valence-electron chi connectivity index (χ4n) is 3.64. The van der Waals surface area contributed by atoms with Gasteiger partial charge in [0.15, 0.2) is 0 Å². The maximum atomic E-state index is 9.08. The molecule has 0 unspecified atom stereocenters. The fourth-order valence-corrected chi connectivity index (χ4v) is 3.64. The molecule has 0 aliphatic carbocycles. The van der Waals surface area contributed by atoms with Gasteiger partial charge in [0, 0.05) is 19.1 Å². The Morgan fingerprint density at radius 1 is 0.800 bits per heavy atom. The molecule has 1 saturated heterocycles. The van der Waals surface area contributed by atoms with Crippen molar-refractivity contribution in [1.82, 2.24) is 0 Å². The van der Waals surface area contributed by atoms with Crippen LogP contribution in [0.3, 0.4) is 0 Å². The van der Waals surface area contributed by atoms with Crippen LogP contribution in [0.4, 0.5) is 0 Å². The van der Waals surface area contributed by atoms with E-state index in [1.165, 1.54) is 89.9 Å². The second-order valence-electron chi connectivity index (χ2n) is 7.91. The molecule has 2 atom stereocenters. The van der Waals surface area contributed by atoms with Crippen LogP contribution in [0, 0.1) is 5.92 Å². The third-order valence-corrected chi connectivity index (χ3v) is 5.37. The topological polar surface area (TPSA) is 38.7 Å². The van der Waals surface area contributed by atoms with Crippen molar-refractivity contribution < 1.29 is 14.6 Å². The van der Waals surface area contributed by atoms with E-state index in [2.05, 4.69) is 6.92 Å². The van der Waals surface area contributed by atoms with Gasteiger partial charge in [-0.2, -0.15) is 0 Å². The zero-order chi connectivity index (χ0) is 18.0. The van der Waals surface area contributed by atoms with Crippen LogP contribution in [0.5, 0.6) is 0 Å². The first-order valence-corrected chi connectivity index (χ1v) is 11.2. The van der Waals surface area contributed by atoms with E-state index in [9.17, 15) is 0 Å². The lowest BCUT2D eigenvalue weighted by molar-refractivity contribution is 0.0149. The van der Waals surface area contributed by atoms with Gasteiger partial charge in [-0.15, -0.1) is 0 Å². The van der Waals surface area contributed by atoms with Gasteiger partial charge in [0.1, 0.15) is 0 Å². The van der Waals surface area contributed by atoms with E-state index in [1.807, 2.05) is 0 Å². The summed E-state index contributed by atoms with van der Waals surface area (Å²) < 4.78 is 11.3. The summed E-state index contributed by atoms with van der Waals surface area (Å²) in [6.07, 6.45) is 20.7. The lowest BCUT2D eigenvalue weighted by Gasteiger charge is -2.10. The van der Waals surface area contributed by atoms with E-state index in [0.29, 0.717) is 19.1 Å². The highest BCUT2D eigenvalue weighted by Crippen LogP contribution is 2.19. The zero-order valence-electron chi connectivity index (χ0n) is 16.9. The lowest BCUT2D eigenvalue weighted by Crippen LogP contribution is -2.15. The van der Waals surface area contributed by atoms with Gasteiger partial charge in [-0.25, -0.2) is 0 Å². The highest BCUT2D eigenvalue weighted by Gasteiger charge is 2.24. The third kappa shape index (κ3) is 13.7. The van der Waals surface area contributed by atoms with Gasteiger partial charge in [0.05, 0.1) is 19.3 Å². The number of hydrogen-bond donors (Lipinski definition) is 1. The van der Waals surface area contributed by atoms with E-state index in [1.54, 1.807) is 0 Å². The van der Waals surface area contributed by atoms with Gasteiger partial charge in [-0.05, 0) is 12.8 Å². The lowest BCUT2D eigenvalue weighted by atomic mass is 10.0. The Morgan fingerprint density at radius 2 is 1.32 bits per heavy atom. The molecule has 0 aromatic heterocycles. The first kappa shape index (κ1) is 22.9. The largest absolute Gasteiger partial charge is 0.396 e. The molecule has 1 heterocycles. The Hall–Kier alpha value is -0.120. The van der Waals surface area contributed by atoms with Crippen LogP contribution in [0.1, 0.15) is 103 Å². The van der Waals surface area contributed by atoms with Crippen LogP contribution in [0.25, 0.3) is 0 Å². The Balaban J connectivity index is 1.68. The summed E-state index contributed by atoms with van der Waals surface area (Å²) in [7, 11) is 0. The van der Waals surface area contributed by atoms with Crippen molar-refractivity contribution in [3.05, 3.63) is 0 Å². The summed E-state index contributed by atoms with van der Waals surface area (Å²) in [6, 6.07) is 0. The number of unbranched alkanes of at least 4 members (excludes halogenated alkanes) is 13. The van der Waals surface area contributed by atoms with Gasteiger partial charge < -0.3 is 14.6 Å². The highest BCUT2D eigenvalue weighted by atomic mass is 16.5. The Bertz CT molecular complexity index is 270. The van der Waals surface area contributed by atoms with Crippen molar-refractivity contribution in [3.8, 4) is 0 Å². The van der Waals surface area contributed by atoms with Crippen molar-refractivity contribution in [3.63, 3.8) is 0 Å². The van der Waals surface area contributed by atoms with Gasteiger partial charge in [0.25, 0.3) is 0 Å². The fraction of sp³-hybridized carbons (Fsp3) is 1.00. The second kappa shape index (κ2) is 17.3. The molecule has 0 spiro atoms. The first-order chi connectivity index (χ1) is 12.4. The molecule has 0 aromatic rings. The van der Waals surface area contributed by atoms with E-state index in [-0.39, 0.29) is 12.7 Å². The quantitative estimate of drug-likeness (QED) is 0.312. The Kier molecular flexibility index (Phi) is 15.9. The molecular formula is C22H44O3. The molecule has 150 valence electrons. The molecule has 25 heavy (non-hydrogen) atoms. The van der Waals surface area contributed by atoms with Crippen LogP contribution in [-0.4, -0.2) is 37.6 Å². The van der Waals surface area contributed by atoms with Crippen molar-refractivity contribution in [2.24, 2.45) is 5.92 Å². The molecule has 0 amide bonds. The van der Waals surface area contributed by atoms with Crippen molar-refractivity contribution in [1.29, 1.82) is 0 Å². The van der Waals surface area contributed by atoms with Gasteiger partial charge >= 0.3 is 0 Å². The monoisotopic (exact) mass is 356 g/mol. The van der Waals surface area contributed by atoms with E-state index in [4.69, 9.17) is 14.6 Å². The molecule has 0 aromatic carbocycles. The standard InChI is InChI=1S/C22H44O3/c1-2-3-4-5-6-7-8-9-10-11-12-13-14-15-16-24-20-22-17-21(18-23)19-25-22/h21-23H,2-20H2,1H3/t21-,22-/m0/s1. The van der Waals surface area contributed by atoms with Gasteiger partial charge in [0.2, 0.25) is 0 Å². The van der Waals surface area contributed by atoms with Crippen LogP contribution in [-0.2, 0) is 9.47 Å². The Labute approximate surface area is 156 Å². The number of aliphatic hydroxyl groups excluding tert-OH is 1. The van der Waals surface area contributed by atoms with Crippen LogP contribution in [0.15, 0.2) is 0 Å².